The van der Waals surface area contributed by atoms with Crippen LogP contribution in [0.2, 0.25) is 0 Å². The number of nitrogens with zero attached hydrogens (tertiary/aromatic N) is 2. The van der Waals surface area contributed by atoms with Gasteiger partial charge in [-0.1, -0.05) is 6.07 Å². The van der Waals surface area contributed by atoms with E-state index in [1.54, 1.807) is 11.0 Å². The van der Waals surface area contributed by atoms with Gasteiger partial charge in [-0.05, 0) is 23.8 Å². The lowest BCUT2D eigenvalue weighted by Gasteiger charge is -2.29. The molecule has 0 unspecified atom stereocenters. The summed E-state index contributed by atoms with van der Waals surface area (Å²) >= 11 is 0. The Morgan fingerprint density at radius 3 is 2.54 bits per heavy atom. The van der Waals surface area contributed by atoms with Crippen molar-refractivity contribution in [2.24, 2.45) is 0 Å². The summed E-state index contributed by atoms with van der Waals surface area (Å²) in [5, 5.41) is 12.9. The predicted molar refractivity (Wildman–Crippen MR) is 91.0 cm³/mol. The van der Waals surface area contributed by atoms with Gasteiger partial charge in [-0.15, -0.1) is 0 Å². The maximum absolute atomic E-state index is 13.5. The zero-order valence-corrected chi connectivity index (χ0v) is 14.5. The van der Waals surface area contributed by atoms with Gasteiger partial charge >= 0.3 is 12.1 Å². The number of nitro groups is 1. The van der Waals surface area contributed by atoms with Crippen molar-refractivity contribution >= 4 is 17.5 Å². The molecule has 1 aliphatic heterocycles. The van der Waals surface area contributed by atoms with Gasteiger partial charge in [0.25, 0.3) is 5.91 Å². The van der Waals surface area contributed by atoms with Gasteiger partial charge in [0.1, 0.15) is 4.92 Å². The third kappa shape index (κ3) is 4.42. The molecule has 8 nitrogen and oxygen atoms in total. The number of carbonyl (C=O) groups is 1. The first-order chi connectivity index (χ1) is 13.3. The van der Waals surface area contributed by atoms with E-state index in [9.17, 15) is 28.1 Å². The van der Waals surface area contributed by atoms with E-state index >= 15 is 0 Å². The summed E-state index contributed by atoms with van der Waals surface area (Å²) in [5.41, 5.74) is -0.562. The highest BCUT2D eigenvalue weighted by Gasteiger charge is 2.34. The zero-order chi connectivity index (χ0) is 20.3. The fraction of sp³-hybridized carbons (Fsp3) is 0.353. The number of morpholine rings is 1. The molecule has 28 heavy (non-hydrogen) atoms. The van der Waals surface area contributed by atoms with Crippen molar-refractivity contribution in [3.8, 4) is 0 Å². The van der Waals surface area contributed by atoms with Gasteiger partial charge in [-0.25, -0.2) is 0 Å². The van der Waals surface area contributed by atoms with E-state index in [4.69, 9.17) is 9.15 Å². The average Bonchev–Trinajstić information content (AvgIpc) is 3.16. The van der Waals surface area contributed by atoms with Crippen molar-refractivity contribution in [2.45, 2.75) is 12.7 Å². The van der Waals surface area contributed by atoms with E-state index in [-0.39, 0.29) is 11.3 Å². The number of alkyl halides is 3. The highest BCUT2D eigenvalue weighted by molar-refractivity contribution is 5.91. The summed E-state index contributed by atoms with van der Waals surface area (Å²) in [5.74, 6) is -1.83. The number of nitrogens with one attached hydrogen (secondary N) is 1. The molecule has 1 amide bonds. The minimum absolute atomic E-state index is 0.126. The first-order valence-corrected chi connectivity index (χ1v) is 8.31. The van der Waals surface area contributed by atoms with E-state index < -0.39 is 35.0 Å². The molecule has 0 radical (unpaired) electrons. The average molecular weight is 399 g/mol. The number of carbonyl (C=O) groups excluding carboxylic acids is 1. The number of hydrogen-bond donors (Lipinski definition) is 1. The number of ether oxygens (including phenoxy) is 1. The maximum Gasteiger partial charge on any atom is 0.433 e. The van der Waals surface area contributed by atoms with Crippen LogP contribution in [0.5, 0.6) is 0 Å². The molecular weight excluding hydrogens is 383 g/mol. The lowest BCUT2D eigenvalue weighted by atomic mass is 10.0. The Hall–Kier alpha value is -3.08. The molecule has 3 rings (SSSR count). The van der Waals surface area contributed by atoms with Gasteiger partial charge < -0.3 is 19.4 Å². The quantitative estimate of drug-likeness (QED) is 0.613. The molecule has 0 spiro atoms. The lowest BCUT2D eigenvalue weighted by molar-refractivity contribution is -0.402. The number of furan rings is 1. The molecule has 0 atom stereocenters. The Morgan fingerprint density at radius 1 is 1.21 bits per heavy atom. The van der Waals surface area contributed by atoms with Crippen LogP contribution in [0.1, 0.15) is 21.7 Å². The summed E-state index contributed by atoms with van der Waals surface area (Å²) in [6, 6.07) is 5.98. The van der Waals surface area contributed by atoms with Crippen molar-refractivity contribution < 1.29 is 32.0 Å². The number of halogens is 3. The second-order valence-electron chi connectivity index (χ2n) is 6.02. The lowest BCUT2D eigenvalue weighted by Crippen LogP contribution is -2.36. The topological polar surface area (TPSA) is 97.9 Å². The molecule has 1 aromatic heterocycles. The van der Waals surface area contributed by atoms with E-state index in [0.717, 1.165) is 18.2 Å². The number of anilines is 1. The number of benzene rings is 1. The summed E-state index contributed by atoms with van der Waals surface area (Å²) in [7, 11) is 0. The summed E-state index contributed by atoms with van der Waals surface area (Å²) in [6.07, 6.45) is -4.61. The molecule has 1 N–H and O–H groups in total. The van der Waals surface area contributed by atoms with Crippen LogP contribution < -0.4 is 10.2 Å². The summed E-state index contributed by atoms with van der Waals surface area (Å²) < 4.78 is 50.4. The Morgan fingerprint density at radius 2 is 1.93 bits per heavy atom. The van der Waals surface area contributed by atoms with Gasteiger partial charge in [-0.2, -0.15) is 13.2 Å². The molecular formula is C17H16F3N3O5. The predicted octanol–water partition coefficient (Wildman–Crippen LogP) is 2.97. The first-order valence-electron chi connectivity index (χ1n) is 8.31. The van der Waals surface area contributed by atoms with Crippen LogP contribution >= 0.6 is 0 Å². The van der Waals surface area contributed by atoms with Crippen LogP contribution in [0.4, 0.5) is 24.7 Å². The minimum atomic E-state index is -4.61. The van der Waals surface area contributed by atoms with Gasteiger partial charge in [0.2, 0.25) is 0 Å². The van der Waals surface area contributed by atoms with Crippen molar-refractivity contribution in [2.75, 3.05) is 31.2 Å². The van der Waals surface area contributed by atoms with E-state index in [1.807, 2.05) is 0 Å². The largest absolute Gasteiger partial charge is 0.433 e. The number of hydrogen-bond acceptors (Lipinski definition) is 6. The Kier molecular flexibility index (Phi) is 5.54. The van der Waals surface area contributed by atoms with E-state index in [1.165, 1.54) is 6.07 Å². The molecule has 0 bridgehead atoms. The molecule has 1 aromatic carbocycles. The molecule has 11 heteroatoms. The third-order valence-corrected chi connectivity index (χ3v) is 4.21. The standard InChI is InChI=1S/C17H16F3N3O5/c18-17(19,20)13-9-12(22-5-7-27-8-6-22)2-1-11(13)10-21-16(24)14-3-4-15(28-14)23(25)26/h1-4,9H,5-8,10H2,(H,21,24). The smallest absolute Gasteiger partial charge is 0.395 e. The zero-order valence-electron chi connectivity index (χ0n) is 14.5. The van der Waals surface area contributed by atoms with Gasteiger partial charge in [0, 0.05) is 25.3 Å². The summed E-state index contributed by atoms with van der Waals surface area (Å²) in [4.78, 5) is 23.6. The second kappa shape index (κ2) is 7.89. The molecule has 1 fully saturated rings. The van der Waals surface area contributed by atoms with Crippen LogP contribution in [0.3, 0.4) is 0 Å². The minimum Gasteiger partial charge on any atom is -0.395 e. The Bertz CT molecular complexity index is 875. The number of rotatable bonds is 5. The maximum atomic E-state index is 13.5. The van der Waals surface area contributed by atoms with Crippen LogP contribution in [0.25, 0.3) is 0 Å². The Labute approximate surface area is 157 Å². The normalized spacial score (nSPS) is 14.8. The van der Waals surface area contributed by atoms with Crippen molar-refractivity contribution in [3.63, 3.8) is 0 Å². The summed E-state index contributed by atoms with van der Waals surface area (Å²) in [6.45, 7) is 1.45. The molecule has 150 valence electrons. The fourth-order valence-electron chi connectivity index (χ4n) is 2.81. The van der Waals surface area contributed by atoms with E-state index in [0.29, 0.717) is 32.0 Å². The van der Waals surface area contributed by atoms with Crippen LogP contribution in [0.15, 0.2) is 34.7 Å². The van der Waals surface area contributed by atoms with Crippen molar-refractivity contribution in [1.29, 1.82) is 0 Å². The van der Waals surface area contributed by atoms with Crippen LogP contribution in [0, 0.1) is 10.1 Å². The highest BCUT2D eigenvalue weighted by Crippen LogP contribution is 2.35. The molecule has 0 saturated carbocycles. The van der Waals surface area contributed by atoms with Crippen molar-refractivity contribution in [3.05, 3.63) is 57.3 Å². The van der Waals surface area contributed by atoms with Gasteiger partial charge in [0.15, 0.2) is 5.76 Å². The fourth-order valence-corrected chi connectivity index (χ4v) is 2.81. The first kappa shape index (κ1) is 19.7. The SMILES string of the molecule is O=C(NCc1ccc(N2CCOCC2)cc1C(F)(F)F)c1ccc([N+](=O)[O-])o1. The van der Waals surface area contributed by atoms with Crippen molar-refractivity contribution in [1.82, 2.24) is 5.32 Å². The second-order valence-corrected chi connectivity index (χ2v) is 6.02. The third-order valence-electron chi connectivity index (χ3n) is 4.21. The molecule has 1 saturated heterocycles. The van der Waals surface area contributed by atoms with Crippen LogP contribution in [-0.4, -0.2) is 37.1 Å². The van der Waals surface area contributed by atoms with Gasteiger partial charge in [0.05, 0.1) is 24.8 Å². The molecule has 1 aliphatic rings. The van der Waals surface area contributed by atoms with E-state index in [2.05, 4.69) is 5.32 Å². The van der Waals surface area contributed by atoms with Gasteiger partial charge in [-0.3, -0.25) is 14.9 Å². The molecule has 0 aliphatic carbocycles. The monoisotopic (exact) mass is 399 g/mol. The molecule has 2 heterocycles. The number of amides is 1. The molecule has 2 aromatic rings. The Balaban J connectivity index is 1.76. The highest BCUT2D eigenvalue weighted by atomic mass is 19.4. The van der Waals surface area contributed by atoms with Crippen LogP contribution in [-0.2, 0) is 17.5 Å².